The molecule has 2 aromatic rings. The van der Waals surface area contributed by atoms with Gasteiger partial charge in [0.2, 0.25) is 5.95 Å². The van der Waals surface area contributed by atoms with E-state index in [1.54, 1.807) is 4.57 Å². The van der Waals surface area contributed by atoms with Crippen LogP contribution >= 0.6 is 11.6 Å². The quantitative estimate of drug-likeness (QED) is 0.737. The molecule has 0 aromatic carbocycles. The van der Waals surface area contributed by atoms with Crippen LogP contribution in [0.2, 0.25) is 0 Å². The minimum atomic E-state index is -0.368. The lowest BCUT2D eigenvalue weighted by Gasteiger charge is -2.12. The molecule has 100 valence electrons. The van der Waals surface area contributed by atoms with Crippen molar-refractivity contribution in [1.29, 1.82) is 0 Å². The normalized spacial score (nSPS) is 22.9. The van der Waals surface area contributed by atoms with E-state index in [4.69, 9.17) is 17.3 Å². The molecule has 0 bridgehead atoms. The third-order valence-corrected chi connectivity index (χ3v) is 3.73. The van der Waals surface area contributed by atoms with E-state index in [-0.39, 0.29) is 35.6 Å². The number of hydrogen-bond acceptors (Lipinski definition) is 5. The number of allylic oxidation sites excluding steroid dienone is 1. The summed E-state index contributed by atoms with van der Waals surface area (Å²) in [5.41, 5.74) is 5.84. The highest BCUT2D eigenvalue weighted by atomic mass is 35.5. The van der Waals surface area contributed by atoms with Gasteiger partial charge < -0.3 is 15.4 Å². The second-order valence-corrected chi connectivity index (χ2v) is 4.95. The monoisotopic (exact) mass is 281 g/mol. The average molecular weight is 282 g/mol. The number of fused-ring (bicyclic) bond motifs is 1. The molecule has 2 heterocycles. The summed E-state index contributed by atoms with van der Waals surface area (Å²) in [6, 6.07) is -0.0802. The van der Waals surface area contributed by atoms with Crippen LogP contribution in [0.15, 0.2) is 22.2 Å². The smallest absolute Gasteiger partial charge is 0.280 e. The van der Waals surface area contributed by atoms with E-state index in [0.717, 1.165) is 0 Å². The van der Waals surface area contributed by atoms with E-state index in [1.807, 2.05) is 6.08 Å². The lowest BCUT2D eigenvalue weighted by Crippen LogP contribution is -2.13. The summed E-state index contributed by atoms with van der Waals surface area (Å²) in [7, 11) is 0. The van der Waals surface area contributed by atoms with E-state index in [2.05, 4.69) is 15.0 Å². The highest BCUT2D eigenvalue weighted by Gasteiger charge is 2.27. The van der Waals surface area contributed by atoms with Crippen LogP contribution in [0.1, 0.15) is 12.5 Å². The number of aromatic amines is 1. The van der Waals surface area contributed by atoms with Crippen LogP contribution < -0.4 is 11.3 Å². The van der Waals surface area contributed by atoms with E-state index in [9.17, 15) is 9.90 Å². The van der Waals surface area contributed by atoms with Crippen LogP contribution in [0.25, 0.3) is 11.2 Å². The third-order valence-electron chi connectivity index (χ3n) is 3.30. The molecule has 3 rings (SSSR count). The average Bonchev–Trinajstić information content (AvgIpc) is 2.92. The van der Waals surface area contributed by atoms with Crippen LogP contribution in [-0.2, 0) is 0 Å². The van der Waals surface area contributed by atoms with Gasteiger partial charge in [0.25, 0.3) is 5.56 Å². The van der Waals surface area contributed by atoms with Crippen molar-refractivity contribution >= 4 is 28.7 Å². The molecule has 4 N–H and O–H groups in total. The Bertz CT molecular complexity index is 719. The number of nitrogen functional groups attached to an aromatic ring is 1. The molecule has 7 nitrogen and oxygen atoms in total. The molecule has 0 fully saturated rings. The first-order valence-corrected chi connectivity index (χ1v) is 6.18. The molecule has 2 aromatic heterocycles. The van der Waals surface area contributed by atoms with Gasteiger partial charge in [0.15, 0.2) is 11.2 Å². The molecule has 0 radical (unpaired) electrons. The SMILES string of the molecule is Nc1nc2c(ncn2[C@H]2C=C(Cl)[C@@H](CO)C2)c(=O)[nH]1. The van der Waals surface area contributed by atoms with Gasteiger partial charge in [-0.25, -0.2) is 4.98 Å². The molecule has 1 aliphatic rings. The van der Waals surface area contributed by atoms with Crippen LogP contribution in [0.4, 0.5) is 5.95 Å². The zero-order chi connectivity index (χ0) is 13.6. The fourth-order valence-electron chi connectivity index (χ4n) is 2.33. The molecule has 2 atom stereocenters. The van der Waals surface area contributed by atoms with Gasteiger partial charge >= 0.3 is 0 Å². The van der Waals surface area contributed by atoms with Crippen LogP contribution in [-0.4, -0.2) is 31.2 Å². The van der Waals surface area contributed by atoms with Crippen molar-refractivity contribution in [1.82, 2.24) is 19.5 Å². The Labute approximate surface area is 112 Å². The Morgan fingerprint density at radius 2 is 2.42 bits per heavy atom. The maximum atomic E-state index is 11.7. The molecule has 1 aliphatic carbocycles. The third kappa shape index (κ3) is 1.91. The van der Waals surface area contributed by atoms with Gasteiger partial charge in [-0.2, -0.15) is 4.98 Å². The zero-order valence-corrected chi connectivity index (χ0v) is 10.6. The largest absolute Gasteiger partial charge is 0.396 e. The summed E-state index contributed by atoms with van der Waals surface area (Å²) in [6.45, 7) is -0.00534. The number of hydrogen-bond donors (Lipinski definition) is 3. The predicted octanol–water partition coefficient (Wildman–Crippen LogP) is 0.378. The molecule has 0 aliphatic heterocycles. The molecule has 0 spiro atoms. The number of nitrogens with one attached hydrogen (secondary N) is 1. The van der Waals surface area contributed by atoms with Crippen LogP contribution in [0.3, 0.4) is 0 Å². The van der Waals surface area contributed by atoms with Gasteiger partial charge in [-0.1, -0.05) is 11.6 Å². The van der Waals surface area contributed by atoms with Crippen molar-refractivity contribution in [2.24, 2.45) is 5.92 Å². The molecule has 0 saturated carbocycles. The summed E-state index contributed by atoms with van der Waals surface area (Å²) in [5, 5.41) is 9.83. The highest BCUT2D eigenvalue weighted by Crippen LogP contribution is 2.36. The minimum absolute atomic E-state index is 0.00534. The molecule has 0 amide bonds. The summed E-state index contributed by atoms with van der Waals surface area (Å²) >= 11 is 6.06. The number of aliphatic hydroxyl groups excluding tert-OH is 1. The predicted molar refractivity (Wildman–Crippen MR) is 70.7 cm³/mol. The maximum absolute atomic E-state index is 11.7. The molecule has 0 unspecified atom stereocenters. The van der Waals surface area contributed by atoms with E-state index in [1.165, 1.54) is 6.33 Å². The van der Waals surface area contributed by atoms with Gasteiger partial charge in [-0.3, -0.25) is 9.78 Å². The van der Waals surface area contributed by atoms with Gasteiger partial charge in [0.05, 0.1) is 19.0 Å². The number of H-pyrrole nitrogens is 1. The molecule has 19 heavy (non-hydrogen) atoms. The number of rotatable bonds is 2. The number of aromatic nitrogens is 4. The minimum Gasteiger partial charge on any atom is -0.396 e. The zero-order valence-electron chi connectivity index (χ0n) is 9.88. The molecular weight excluding hydrogens is 270 g/mol. The second kappa shape index (κ2) is 4.36. The van der Waals surface area contributed by atoms with E-state index in [0.29, 0.717) is 17.1 Å². The summed E-state index contributed by atoms with van der Waals surface area (Å²) in [6.07, 6.45) is 4.02. The molecule has 8 heteroatoms. The Morgan fingerprint density at radius 1 is 1.63 bits per heavy atom. The Kier molecular flexibility index (Phi) is 2.79. The number of anilines is 1. The van der Waals surface area contributed by atoms with Crippen LogP contribution in [0, 0.1) is 5.92 Å². The van der Waals surface area contributed by atoms with Crippen molar-refractivity contribution in [2.45, 2.75) is 12.5 Å². The number of halogens is 1. The van der Waals surface area contributed by atoms with Crippen molar-refractivity contribution in [3.63, 3.8) is 0 Å². The first-order valence-electron chi connectivity index (χ1n) is 5.80. The first-order chi connectivity index (χ1) is 9.10. The second-order valence-electron chi connectivity index (χ2n) is 4.51. The number of imidazole rings is 1. The Morgan fingerprint density at radius 3 is 3.11 bits per heavy atom. The molecule has 0 saturated heterocycles. The van der Waals surface area contributed by atoms with Crippen molar-refractivity contribution in [2.75, 3.05) is 12.3 Å². The topological polar surface area (TPSA) is 110 Å². The Balaban J connectivity index is 2.10. The lowest BCUT2D eigenvalue weighted by molar-refractivity contribution is 0.242. The highest BCUT2D eigenvalue weighted by molar-refractivity contribution is 6.30. The fourth-order valence-corrected chi connectivity index (χ4v) is 2.64. The van der Waals surface area contributed by atoms with Gasteiger partial charge in [0, 0.05) is 11.0 Å². The van der Waals surface area contributed by atoms with Crippen molar-refractivity contribution in [3.8, 4) is 0 Å². The standard InChI is InChI=1S/C11H12ClN5O2/c12-7-2-6(1-5(7)3-18)17-4-14-8-9(17)15-11(13)16-10(8)19/h2,4-6,18H,1,3H2,(H3,13,15,16,19)/t5-,6-/m1/s1. The number of nitrogens with two attached hydrogens (primary N) is 1. The van der Waals surface area contributed by atoms with Gasteiger partial charge in [0.1, 0.15) is 0 Å². The van der Waals surface area contributed by atoms with Crippen LogP contribution in [0.5, 0.6) is 0 Å². The summed E-state index contributed by atoms with van der Waals surface area (Å²) < 4.78 is 1.75. The summed E-state index contributed by atoms with van der Waals surface area (Å²) in [5.74, 6) is -0.0329. The molecular formula is C11H12ClN5O2. The fraction of sp³-hybridized carbons (Fsp3) is 0.364. The lowest BCUT2D eigenvalue weighted by atomic mass is 10.1. The van der Waals surface area contributed by atoms with Crippen molar-refractivity contribution < 1.29 is 5.11 Å². The van der Waals surface area contributed by atoms with Crippen molar-refractivity contribution in [3.05, 3.63) is 27.8 Å². The number of nitrogens with zero attached hydrogens (tertiary/aromatic N) is 3. The maximum Gasteiger partial charge on any atom is 0.280 e. The summed E-state index contributed by atoms with van der Waals surface area (Å²) in [4.78, 5) is 22.2. The van der Waals surface area contributed by atoms with E-state index >= 15 is 0 Å². The Hall–Kier alpha value is -1.86. The van der Waals surface area contributed by atoms with Gasteiger partial charge in [-0.05, 0) is 12.5 Å². The number of aliphatic hydroxyl groups is 1. The van der Waals surface area contributed by atoms with E-state index < -0.39 is 0 Å². The van der Waals surface area contributed by atoms with Gasteiger partial charge in [-0.15, -0.1) is 0 Å². The first kappa shape index (κ1) is 12.2.